The maximum absolute atomic E-state index is 12.6. The van der Waals surface area contributed by atoms with Gasteiger partial charge < -0.3 is 15.0 Å². The number of ether oxygens (including phenoxy) is 1. The van der Waals surface area contributed by atoms with Crippen molar-refractivity contribution >= 4 is 17.4 Å². The number of para-hydroxylation sites is 2. The number of amides is 1. The summed E-state index contributed by atoms with van der Waals surface area (Å²) in [7, 11) is 1.93. The molecule has 2 aromatic carbocycles. The molecule has 1 aromatic heterocycles. The van der Waals surface area contributed by atoms with Crippen LogP contribution in [0, 0.1) is 0 Å². The summed E-state index contributed by atoms with van der Waals surface area (Å²) in [5.74, 6) is 1.000. The molecule has 0 radical (unpaired) electrons. The topological polar surface area (TPSA) is 67.3 Å². The molecule has 0 bridgehead atoms. The minimum Gasteiger partial charge on any atom is -0.492 e. The monoisotopic (exact) mass is 362 g/mol. The lowest BCUT2D eigenvalue weighted by Crippen LogP contribution is -2.20. The molecule has 0 spiro atoms. The molecule has 6 heteroatoms. The van der Waals surface area contributed by atoms with Crippen LogP contribution in [-0.2, 0) is 6.54 Å². The molecule has 0 aliphatic rings. The first kappa shape index (κ1) is 18.4. The van der Waals surface area contributed by atoms with Crippen LogP contribution in [-0.4, -0.2) is 29.5 Å². The number of hydrogen-bond acceptors (Lipinski definition) is 5. The van der Waals surface area contributed by atoms with E-state index in [-0.39, 0.29) is 5.91 Å². The standard InChI is InChI=1S/C21H22N4O2/c1-3-27-19-12-8-7-11-17(19)24-21(26)18-13-20(23-15-22-18)25(2)14-16-9-5-4-6-10-16/h4-13,15H,3,14H2,1-2H3,(H,24,26). The normalized spacial score (nSPS) is 10.3. The Hall–Kier alpha value is -3.41. The van der Waals surface area contributed by atoms with Gasteiger partial charge in [0.1, 0.15) is 23.6 Å². The van der Waals surface area contributed by atoms with Crippen molar-refractivity contribution in [3.05, 3.63) is 78.2 Å². The number of carbonyl (C=O) groups excluding carboxylic acids is 1. The van der Waals surface area contributed by atoms with Crippen LogP contribution < -0.4 is 15.0 Å². The average molecular weight is 362 g/mol. The van der Waals surface area contributed by atoms with Gasteiger partial charge in [-0.2, -0.15) is 0 Å². The molecule has 1 N–H and O–H groups in total. The van der Waals surface area contributed by atoms with Gasteiger partial charge in [-0.25, -0.2) is 9.97 Å². The fourth-order valence-corrected chi connectivity index (χ4v) is 2.66. The Morgan fingerprint density at radius 3 is 2.59 bits per heavy atom. The van der Waals surface area contributed by atoms with E-state index < -0.39 is 0 Å². The molecule has 0 saturated carbocycles. The first-order valence-corrected chi connectivity index (χ1v) is 8.77. The van der Waals surface area contributed by atoms with Gasteiger partial charge in [-0.3, -0.25) is 4.79 Å². The van der Waals surface area contributed by atoms with Crippen LogP contribution in [0.5, 0.6) is 5.75 Å². The third-order valence-corrected chi connectivity index (χ3v) is 3.97. The van der Waals surface area contributed by atoms with Crippen LogP contribution in [0.4, 0.5) is 11.5 Å². The number of nitrogens with one attached hydrogen (secondary N) is 1. The van der Waals surface area contributed by atoms with Gasteiger partial charge in [0.2, 0.25) is 0 Å². The number of hydrogen-bond donors (Lipinski definition) is 1. The summed E-state index contributed by atoms with van der Waals surface area (Å²) < 4.78 is 5.55. The van der Waals surface area contributed by atoms with E-state index in [1.807, 2.05) is 55.3 Å². The second kappa shape index (κ2) is 8.80. The molecule has 0 fully saturated rings. The van der Waals surface area contributed by atoms with Crippen molar-refractivity contribution in [2.45, 2.75) is 13.5 Å². The van der Waals surface area contributed by atoms with Gasteiger partial charge in [-0.05, 0) is 24.6 Å². The second-order valence-corrected chi connectivity index (χ2v) is 5.99. The number of rotatable bonds is 7. The molecule has 3 rings (SSSR count). The van der Waals surface area contributed by atoms with E-state index >= 15 is 0 Å². The van der Waals surface area contributed by atoms with E-state index in [1.165, 1.54) is 6.33 Å². The van der Waals surface area contributed by atoms with E-state index in [0.717, 1.165) is 5.56 Å². The summed E-state index contributed by atoms with van der Waals surface area (Å²) >= 11 is 0. The number of carbonyl (C=O) groups is 1. The Bertz CT molecular complexity index is 899. The van der Waals surface area contributed by atoms with Crippen molar-refractivity contribution in [2.75, 3.05) is 23.9 Å². The van der Waals surface area contributed by atoms with E-state index in [9.17, 15) is 4.79 Å². The predicted octanol–water partition coefficient (Wildman–Crippen LogP) is 3.76. The van der Waals surface area contributed by atoms with E-state index in [1.54, 1.807) is 12.1 Å². The highest BCUT2D eigenvalue weighted by molar-refractivity contribution is 6.04. The van der Waals surface area contributed by atoms with Crippen molar-refractivity contribution in [2.24, 2.45) is 0 Å². The number of benzene rings is 2. The first-order chi connectivity index (χ1) is 13.2. The third kappa shape index (κ3) is 4.82. The first-order valence-electron chi connectivity index (χ1n) is 8.77. The molecule has 0 aliphatic carbocycles. The fourth-order valence-electron chi connectivity index (χ4n) is 2.66. The summed E-state index contributed by atoms with van der Waals surface area (Å²) in [4.78, 5) is 23.0. The minimum atomic E-state index is -0.307. The number of aromatic nitrogens is 2. The molecule has 0 atom stereocenters. The summed E-state index contributed by atoms with van der Waals surface area (Å²) in [5, 5.41) is 2.85. The van der Waals surface area contributed by atoms with Gasteiger partial charge in [-0.15, -0.1) is 0 Å². The van der Waals surface area contributed by atoms with Crippen LogP contribution in [0.1, 0.15) is 23.0 Å². The van der Waals surface area contributed by atoms with Gasteiger partial charge in [0, 0.05) is 19.7 Å². The lowest BCUT2D eigenvalue weighted by atomic mass is 10.2. The van der Waals surface area contributed by atoms with Crippen LogP contribution >= 0.6 is 0 Å². The zero-order valence-electron chi connectivity index (χ0n) is 15.4. The van der Waals surface area contributed by atoms with Crippen molar-refractivity contribution in [3.63, 3.8) is 0 Å². The van der Waals surface area contributed by atoms with Crippen molar-refractivity contribution in [1.29, 1.82) is 0 Å². The molecule has 27 heavy (non-hydrogen) atoms. The van der Waals surface area contributed by atoms with Crippen molar-refractivity contribution < 1.29 is 9.53 Å². The predicted molar refractivity (Wildman–Crippen MR) is 106 cm³/mol. The molecule has 138 valence electrons. The minimum absolute atomic E-state index is 0.297. The maximum Gasteiger partial charge on any atom is 0.274 e. The fraction of sp³-hybridized carbons (Fsp3) is 0.190. The van der Waals surface area contributed by atoms with Crippen LogP contribution in [0.15, 0.2) is 67.0 Å². The Morgan fingerprint density at radius 1 is 1.07 bits per heavy atom. The summed E-state index contributed by atoms with van der Waals surface area (Å²) in [5.41, 5.74) is 2.07. The quantitative estimate of drug-likeness (QED) is 0.693. The molecule has 0 unspecified atom stereocenters. The molecule has 1 amide bonds. The zero-order chi connectivity index (χ0) is 19.1. The SMILES string of the molecule is CCOc1ccccc1NC(=O)c1cc(N(C)Cc2ccccc2)ncn1. The number of nitrogens with zero attached hydrogens (tertiary/aromatic N) is 3. The largest absolute Gasteiger partial charge is 0.492 e. The molecule has 1 heterocycles. The Morgan fingerprint density at radius 2 is 1.81 bits per heavy atom. The Kier molecular flexibility index (Phi) is 5.99. The van der Waals surface area contributed by atoms with Gasteiger partial charge in [-0.1, -0.05) is 42.5 Å². The summed E-state index contributed by atoms with van der Waals surface area (Å²) in [6.07, 6.45) is 1.40. The number of anilines is 2. The van der Waals surface area contributed by atoms with Crippen LogP contribution in [0.3, 0.4) is 0 Å². The average Bonchev–Trinajstić information content (AvgIpc) is 2.70. The molecule has 3 aromatic rings. The molecule has 0 saturated heterocycles. The van der Waals surface area contributed by atoms with Crippen LogP contribution in [0.2, 0.25) is 0 Å². The van der Waals surface area contributed by atoms with E-state index in [2.05, 4.69) is 27.4 Å². The molecule has 0 aliphatic heterocycles. The van der Waals surface area contributed by atoms with E-state index in [4.69, 9.17) is 4.74 Å². The van der Waals surface area contributed by atoms with Crippen molar-refractivity contribution in [1.82, 2.24) is 9.97 Å². The second-order valence-electron chi connectivity index (χ2n) is 5.99. The molecular weight excluding hydrogens is 340 g/mol. The highest BCUT2D eigenvalue weighted by Crippen LogP contribution is 2.24. The smallest absolute Gasteiger partial charge is 0.274 e. The molecular formula is C21H22N4O2. The van der Waals surface area contributed by atoms with Gasteiger partial charge in [0.05, 0.1) is 12.3 Å². The lowest BCUT2D eigenvalue weighted by Gasteiger charge is -2.18. The zero-order valence-corrected chi connectivity index (χ0v) is 15.4. The lowest BCUT2D eigenvalue weighted by molar-refractivity contribution is 0.102. The summed E-state index contributed by atoms with van der Waals surface area (Å²) in [6.45, 7) is 3.11. The Balaban J connectivity index is 1.74. The van der Waals surface area contributed by atoms with Crippen molar-refractivity contribution in [3.8, 4) is 5.75 Å². The molecule has 6 nitrogen and oxygen atoms in total. The highest BCUT2D eigenvalue weighted by Gasteiger charge is 2.13. The third-order valence-electron chi connectivity index (χ3n) is 3.97. The maximum atomic E-state index is 12.6. The van der Waals surface area contributed by atoms with Gasteiger partial charge >= 0.3 is 0 Å². The highest BCUT2D eigenvalue weighted by atomic mass is 16.5. The van der Waals surface area contributed by atoms with Crippen LogP contribution in [0.25, 0.3) is 0 Å². The van der Waals surface area contributed by atoms with E-state index in [0.29, 0.717) is 36.1 Å². The Labute approximate surface area is 158 Å². The van der Waals surface area contributed by atoms with Gasteiger partial charge in [0.25, 0.3) is 5.91 Å². The van der Waals surface area contributed by atoms with Gasteiger partial charge in [0.15, 0.2) is 0 Å². The summed E-state index contributed by atoms with van der Waals surface area (Å²) in [6, 6.07) is 19.1.